The lowest BCUT2D eigenvalue weighted by Crippen LogP contribution is -2.16. The first kappa shape index (κ1) is 11.6. The molecule has 1 N–H and O–H groups in total. The molecule has 0 spiro atoms. The fraction of sp³-hybridized carbons (Fsp3) is 0.750. The molecule has 16 heavy (non-hydrogen) atoms. The lowest BCUT2D eigenvalue weighted by molar-refractivity contribution is 0.0841. The van der Waals surface area contributed by atoms with Crippen molar-refractivity contribution >= 4 is 0 Å². The van der Waals surface area contributed by atoms with E-state index in [9.17, 15) is 5.11 Å². The summed E-state index contributed by atoms with van der Waals surface area (Å²) < 4.78 is 7.21. The van der Waals surface area contributed by atoms with E-state index >= 15 is 0 Å². The molecular formula is C12H20N2O2. The van der Waals surface area contributed by atoms with E-state index in [1.54, 1.807) is 0 Å². The number of aryl methyl sites for hydroxylation is 1. The fourth-order valence-electron chi connectivity index (χ4n) is 2.35. The highest BCUT2D eigenvalue weighted by molar-refractivity contribution is 5.22. The van der Waals surface area contributed by atoms with Crippen molar-refractivity contribution in [1.29, 1.82) is 0 Å². The second kappa shape index (κ2) is 4.97. The van der Waals surface area contributed by atoms with Crippen molar-refractivity contribution in [3.8, 4) is 0 Å². The Labute approximate surface area is 96.2 Å². The van der Waals surface area contributed by atoms with Crippen molar-refractivity contribution in [2.75, 3.05) is 13.2 Å². The van der Waals surface area contributed by atoms with Crippen molar-refractivity contribution in [3.63, 3.8) is 0 Å². The Morgan fingerprint density at radius 3 is 2.88 bits per heavy atom. The zero-order valence-corrected chi connectivity index (χ0v) is 10.0. The van der Waals surface area contributed by atoms with Crippen LogP contribution in [0.25, 0.3) is 0 Å². The maximum absolute atomic E-state index is 9.48. The molecule has 1 unspecified atom stereocenters. The molecule has 1 aliphatic rings. The molecule has 1 fully saturated rings. The van der Waals surface area contributed by atoms with Gasteiger partial charge in [-0.25, -0.2) is 0 Å². The van der Waals surface area contributed by atoms with Crippen molar-refractivity contribution in [3.05, 3.63) is 17.5 Å². The van der Waals surface area contributed by atoms with E-state index in [-0.39, 0.29) is 6.10 Å². The predicted molar refractivity (Wildman–Crippen MR) is 61.4 cm³/mol. The third-order valence-electron chi connectivity index (χ3n) is 3.06. The second-order valence-electron chi connectivity index (χ2n) is 4.65. The highest BCUT2D eigenvalue weighted by Gasteiger charge is 2.22. The Morgan fingerprint density at radius 1 is 1.56 bits per heavy atom. The number of hydrogen-bond donors (Lipinski definition) is 1. The molecule has 0 aliphatic carbocycles. The minimum Gasteiger partial charge on any atom is -0.393 e. The topological polar surface area (TPSA) is 47.3 Å². The molecule has 0 saturated carbocycles. The molecular weight excluding hydrogens is 204 g/mol. The number of aromatic nitrogens is 2. The Hall–Kier alpha value is -0.870. The molecule has 1 aromatic heterocycles. The van der Waals surface area contributed by atoms with Gasteiger partial charge in [-0.3, -0.25) is 4.68 Å². The summed E-state index contributed by atoms with van der Waals surface area (Å²) >= 11 is 0. The maximum Gasteiger partial charge on any atom is 0.0690 e. The number of rotatable bonds is 3. The molecule has 4 heteroatoms. The van der Waals surface area contributed by atoms with Gasteiger partial charge in [0.15, 0.2) is 0 Å². The van der Waals surface area contributed by atoms with Gasteiger partial charge >= 0.3 is 0 Å². The minimum absolute atomic E-state index is 0.303. The van der Waals surface area contributed by atoms with Crippen molar-refractivity contribution in [2.45, 2.75) is 38.2 Å². The van der Waals surface area contributed by atoms with Crippen LogP contribution in [0.15, 0.2) is 6.20 Å². The Bertz CT molecular complexity index is 341. The fourth-order valence-corrected chi connectivity index (χ4v) is 2.35. The van der Waals surface area contributed by atoms with Crippen molar-refractivity contribution < 1.29 is 9.84 Å². The van der Waals surface area contributed by atoms with E-state index in [1.165, 1.54) is 5.56 Å². The summed E-state index contributed by atoms with van der Waals surface area (Å²) in [5, 5.41) is 14.0. The SMILES string of the molecule is CC(O)Cc1cn(C)nc1C1CCOCC1. The van der Waals surface area contributed by atoms with Gasteiger partial charge in [-0.15, -0.1) is 0 Å². The van der Waals surface area contributed by atoms with E-state index in [1.807, 2.05) is 24.9 Å². The average molecular weight is 224 g/mol. The van der Waals surface area contributed by atoms with Crippen LogP contribution in [-0.2, 0) is 18.2 Å². The van der Waals surface area contributed by atoms with Gasteiger partial charge in [0.25, 0.3) is 0 Å². The molecule has 1 saturated heterocycles. The molecule has 1 atom stereocenters. The van der Waals surface area contributed by atoms with Gasteiger partial charge in [-0.1, -0.05) is 0 Å². The van der Waals surface area contributed by atoms with E-state index in [4.69, 9.17) is 4.74 Å². The lowest BCUT2D eigenvalue weighted by atomic mass is 9.92. The van der Waals surface area contributed by atoms with Crippen molar-refractivity contribution in [1.82, 2.24) is 9.78 Å². The third kappa shape index (κ3) is 2.62. The van der Waals surface area contributed by atoms with Gasteiger partial charge in [-0.2, -0.15) is 5.10 Å². The molecule has 90 valence electrons. The Morgan fingerprint density at radius 2 is 2.25 bits per heavy atom. The highest BCUT2D eigenvalue weighted by Crippen LogP contribution is 2.28. The minimum atomic E-state index is -0.303. The summed E-state index contributed by atoms with van der Waals surface area (Å²) in [5.41, 5.74) is 2.34. The molecule has 4 nitrogen and oxygen atoms in total. The van der Waals surface area contributed by atoms with E-state index in [0.717, 1.165) is 31.7 Å². The number of ether oxygens (including phenoxy) is 1. The smallest absolute Gasteiger partial charge is 0.0690 e. The highest BCUT2D eigenvalue weighted by atomic mass is 16.5. The van der Waals surface area contributed by atoms with Crippen LogP contribution in [0.3, 0.4) is 0 Å². The summed E-state index contributed by atoms with van der Waals surface area (Å²) in [6, 6.07) is 0. The van der Waals surface area contributed by atoms with E-state index in [0.29, 0.717) is 12.3 Å². The van der Waals surface area contributed by atoms with Crippen LogP contribution in [0, 0.1) is 0 Å². The lowest BCUT2D eigenvalue weighted by Gasteiger charge is -2.21. The van der Waals surface area contributed by atoms with Crippen LogP contribution in [-0.4, -0.2) is 34.2 Å². The number of hydrogen-bond acceptors (Lipinski definition) is 3. The largest absolute Gasteiger partial charge is 0.393 e. The van der Waals surface area contributed by atoms with Crippen LogP contribution >= 0.6 is 0 Å². The van der Waals surface area contributed by atoms with Crippen LogP contribution in [0.5, 0.6) is 0 Å². The van der Waals surface area contributed by atoms with Crippen LogP contribution in [0.1, 0.15) is 36.9 Å². The molecule has 2 heterocycles. The number of nitrogens with zero attached hydrogens (tertiary/aromatic N) is 2. The van der Waals surface area contributed by atoms with Crippen molar-refractivity contribution in [2.24, 2.45) is 7.05 Å². The first-order chi connectivity index (χ1) is 7.66. The van der Waals surface area contributed by atoms with Crippen LogP contribution < -0.4 is 0 Å². The monoisotopic (exact) mass is 224 g/mol. The predicted octanol–water partition coefficient (Wildman–Crippen LogP) is 1.24. The molecule has 1 aliphatic heterocycles. The van der Waals surface area contributed by atoms with Gasteiger partial charge in [0.1, 0.15) is 0 Å². The average Bonchev–Trinajstić information content (AvgIpc) is 2.60. The normalized spacial score (nSPS) is 19.9. The summed E-state index contributed by atoms with van der Waals surface area (Å²) in [7, 11) is 1.94. The summed E-state index contributed by atoms with van der Waals surface area (Å²) in [5.74, 6) is 0.503. The quantitative estimate of drug-likeness (QED) is 0.840. The summed E-state index contributed by atoms with van der Waals surface area (Å²) in [4.78, 5) is 0. The number of aliphatic hydroxyl groups excluding tert-OH is 1. The first-order valence-corrected chi connectivity index (χ1v) is 5.95. The third-order valence-corrected chi connectivity index (χ3v) is 3.06. The molecule has 2 rings (SSSR count). The summed E-state index contributed by atoms with van der Waals surface area (Å²) in [6.45, 7) is 3.48. The maximum atomic E-state index is 9.48. The van der Waals surface area contributed by atoms with Crippen LogP contribution in [0.4, 0.5) is 0 Å². The zero-order chi connectivity index (χ0) is 11.5. The molecule has 0 radical (unpaired) electrons. The Kier molecular flexibility index (Phi) is 3.61. The van der Waals surface area contributed by atoms with Gasteiger partial charge in [0.2, 0.25) is 0 Å². The standard InChI is InChI=1S/C12H20N2O2/c1-9(15)7-11-8-14(2)13-12(11)10-3-5-16-6-4-10/h8-10,15H,3-7H2,1-2H3. The molecule has 0 amide bonds. The molecule has 0 aromatic carbocycles. The first-order valence-electron chi connectivity index (χ1n) is 5.95. The van der Waals surface area contributed by atoms with E-state index in [2.05, 4.69) is 5.10 Å². The molecule has 1 aromatic rings. The van der Waals surface area contributed by atoms with Crippen LogP contribution in [0.2, 0.25) is 0 Å². The Balaban J connectivity index is 2.17. The summed E-state index contributed by atoms with van der Waals surface area (Å²) in [6.07, 6.45) is 4.51. The number of aliphatic hydroxyl groups is 1. The van der Waals surface area contributed by atoms with Gasteiger partial charge in [0, 0.05) is 38.8 Å². The zero-order valence-electron chi connectivity index (χ0n) is 10.0. The van der Waals surface area contributed by atoms with Gasteiger partial charge in [-0.05, 0) is 25.3 Å². The van der Waals surface area contributed by atoms with Gasteiger partial charge in [0.05, 0.1) is 11.8 Å². The van der Waals surface area contributed by atoms with E-state index < -0.39 is 0 Å². The van der Waals surface area contributed by atoms with Gasteiger partial charge < -0.3 is 9.84 Å². The second-order valence-corrected chi connectivity index (χ2v) is 4.65. The molecule has 0 bridgehead atoms.